The summed E-state index contributed by atoms with van der Waals surface area (Å²) in [6, 6.07) is 7.99. The van der Waals surface area contributed by atoms with Gasteiger partial charge in [-0.2, -0.15) is 0 Å². The van der Waals surface area contributed by atoms with Gasteiger partial charge in [0, 0.05) is 46.5 Å². The van der Waals surface area contributed by atoms with E-state index in [4.69, 9.17) is 11.6 Å². The van der Waals surface area contributed by atoms with Crippen molar-refractivity contribution in [3.63, 3.8) is 0 Å². The maximum absolute atomic E-state index is 12.1. The van der Waals surface area contributed by atoms with Crippen LogP contribution in [0.2, 0.25) is 5.02 Å². The lowest BCUT2D eigenvalue weighted by molar-refractivity contribution is 0.359. The lowest BCUT2D eigenvalue weighted by atomic mass is 9.86. The minimum atomic E-state index is -0.863. The van der Waals surface area contributed by atoms with Crippen LogP contribution >= 0.6 is 11.6 Å². The van der Waals surface area contributed by atoms with Gasteiger partial charge in [-0.1, -0.05) is 37.6 Å². The minimum absolute atomic E-state index is 0.0521. The topological polar surface area (TPSA) is 53.5 Å². The fourth-order valence-electron chi connectivity index (χ4n) is 2.37. The van der Waals surface area contributed by atoms with Crippen LogP contribution in [0.25, 0.3) is 0 Å². The highest BCUT2D eigenvalue weighted by molar-refractivity contribution is 7.86. The van der Waals surface area contributed by atoms with E-state index in [1.54, 1.807) is 7.05 Å². The van der Waals surface area contributed by atoms with Crippen molar-refractivity contribution in [1.82, 2.24) is 10.6 Å². The first kappa shape index (κ1) is 22.0. The number of rotatable bonds is 7. The molecule has 0 spiro atoms. The Hall–Kier alpha value is -1.07. The molecular formula is C19H32ClN3OS. The Morgan fingerprint density at radius 1 is 1.20 bits per heavy atom. The zero-order chi connectivity index (χ0) is 19.1. The van der Waals surface area contributed by atoms with Gasteiger partial charge in [0.1, 0.15) is 0 Å². The molecule has 6 heteroatoms. The van der Waals surface area contributed by atoms with Crippen LogP contribution in [-0.4, -0.2) is 40.8 Å². The molecule has 0 heterocycles. The first-order valence-electron chi connectivity index (χ1n) is 8.61. The van der Waals surface area contributed by atoms with E-state index in [-0.39, 0.29) is 10.2 Å². The molecule has 25 heavy (non-hydrogen) atoms. The zero-order valence-corrected chi connectivity index (χ0v) is 17.9. The van der Waals surface area contributed by atoms with Crippen LogP contribution < -0.4 is 10.6 Å². The number of halogens is 1. The van der Waals surface area contributed by atoms with Crippen molar-refractivity contribution >= 4 is 28.4 Å². The molecule has 142 valence electrons. The lowest BCUT2D eigenvalue weighted by Crippen LogP contribution is -2.44. The van der Waals surface area contributed by atoms with Crippen molar-refractivity contribution in [2.75, 3.05) is 25.9 Å². The maximum Gasteiger partial charge on any atom is 0.191 e. The minimum Gasteiger partial charge on any atom is -0.356 e. The summed E-state index contributed by atoms with van der Waals surface area (Å²) in [5.74, 6) is 1.35. The molecule has 0 saturated carbocycles. The summed E-state index contributed by atoms with van der Waals surface area (Å²) in [4.78, 5) is 4.25. The SMILES string of the molecule is CN=C(NCCS(=O)C(C)(C)C)NCC(C)(C)Cc1cccc(Cl)c1. The van der Waals surface area contributed by atoms with Crippen LogP contribution in [0.4, 0.5) is 0 Å². The summed E-state index contributed by atoms with van der Waals surface area (Å²) in [6.07, 6.45) is 0.922. The van der Waals surface area contributed by atoms with Gasteiger partial charge in [0.15, 0.2) is 5.96 Å². The van der Waals surface area contributed by atoms with Crippen molar-refractivity contribution in [1.29, 1.82) is 0 Å². The third kappa shape index (κ3) is 8.73. The molecule has 1 rings (SSSR count). The zero-order valence-electron chi connectivity index (χ0n) is 16.3. The average molecular weight is 386 g/mol. The molecule has 0 aromatic heterocycles. The second kappa shape index (κ2) is 9.58. The molecular weight excluding hydrogens is 354 g/mol. The fraction of sp³-hybridized carbons (Fsp3) is 0.632. The highest BCUT2D eigenvalue weighted by atomic mass is 35.5. The molecule has 0 radical (unpaired) electrons. The Kier molecular flexibility index (Phi) is 8.42. The van der Waals surface area contributed by atoms with E-state index in [0.717, 1.165) is 23.9 Å². The Balaban J connectivity index is 2.46. The Morgan fingerprint density at radius 3 is 2.44 bits per heavy atom. The second-order valence-electron chi connectivity index (χ2n) is 7.99. The second-order valence-corrected chi connectivity index (χ2v) is 10.7. The molecule has 0 aliphatic heterocycles. The molecule has 2 N–H and O–H groups in total. The van der Waals surface area contributed by atoms with Gasteiger partial charge in [-0.3, -0.25) is 9.20 Å². The molecule has 1 unspecified atom stereocenters. The van der Waals surface area contributed by atoms with Gasteiger partial charge in [-0.15, -0.1) is 0 Å². The molecule has 0 aliphatic rings. The monoisotopic (exact) mass is 385 g/mol. The quantitative estimate of drug-likeness (QED) is 0.556. The van der Waals surface area contributed by atoms with Gasteiger partial charge in [0.25, 0.3) is 0 Å². The third-order valence-electron chi connectivity index (χ3n) is 3.79. The fourth-order valence-corrected chi connectivity index (χ4v) is 3.49. The number of hydrogen-bond donors (Lipinski definition) is 2. The van der Waals surface area contributed by atoms with Gasteiger partial charge in [-0.05, 0) is 50.3 Å². The molecule has 0 fully saturated rings. The van der Waals surface area contributed by atoms with E-state index >= 15 is 0 Å². The van der Waals surface area contributed by atoms with Crippen LogP contribution in [-0.2, 0) is 17.2 Å². The smallest absolute Gasteiger partial charge is 0.191 e. The van der Waals surface area contributed by atoms with Crippen LogP contribution in [0.1, 0.15) is 40.2 Å². The highest BCUT2D eigenvalue weighted by Crippen LogP contribution is 2.22. The van der Waals surface area contributed by atoms with E-state index in [0.29, 0.717) is 12.3 Å². The largest absolute Gasteiger partial charge is 0.356 e. The number of benzene rings is 1. The number of nitrogens with zero attached hydrogens (tertiary/aromatic N) is 1. The molecule has 0 aliphatic carbocycles. The molecule has 0 bridgehead atoms. The molecule has 1 aromatic carbocycles. The third-order valence-corrected chi connectivity index (χ3v) is 5.97. The van der Waals surface area contributed by atoms with Crippen LogP contribution in [0.5, 0.6) is 0 Å². The Morgan fingerprint density at radius 2 is 1.88 bits per heavy atom. The first-order valence-corrected chi connectivity index (χ1v) is 10.3. The van der Waals surface area contributed by atoms with E-state index < -0.39 is 10.8 Å². The summed E-state index contributed by atoms with van der Waals surface area (Å²) in [5, 5.41) is 7.38. The van der Waals surface area contributed by atoms with E-state index in [2.05, 4.69) is 35.5 Å². The molecule has 4 nitrogen and oxygen atoms in total. The molecule has 1 atom stereocenters. The van der Waals surface area contributed by atoms with Crippen LogP contribution in [0.3, 0.4) is 0 Å². The van der Waals surface area contributed by atoms with Crippen LogP contribution in [0.15, 0.2) is 29.3 Å². The van der Waals surface area contributed by atoms with Crippen molar-refractivity contribution < 1.29 is 4.21 Å². The van der Waals surface area contributed by atoms with Crippen molar-refractivity contribution in [2.45, 2.75) is 45.8 Å². The number of nitrogens with one attached hydrogen (secondary N) is 2. The van der Waals surface area contributed by atoms with Gasteiger partial charge < -0.3 is 10.6 Å². The predicted molar refractivity (Wildman–Crippen MR) is 111 cm³/mol. The Labute approximate surface area is 160 Å². The van der Waals surface area contributed by atoms with Gasteiger partial charge in [-0.25, -0.2) is 0 Å². The van der Waals surface area contributed by atoms with E-state index in [9.17, 15) is 4.21 Å². The average Bonchev–Trinajstić information content (AvgIpc) is 2.49. The number of guanidine groups is 1. The molecule has 0 saturated heterocycles. The highest BCUT2D eigenvalue weighted by Gasteiger charge is 2.20. The summed E-state index contributed by atoms with van der Waals surface area (Å²) >= 11 is 6.07. The van der Waals surface area contributed by atoms with E-state index in [1.807, 2.05) is 39.0 Å². The standard InChI is InChI=1S/C19H32ClN3OS/c1-18(2,3)25(24)11-10-22-17(21-6)23-14-19(4,5)13-15-8-7-9-16(20)12-15/h7-9,12H,10-11,13-14H2,1-6H3,(H2,21,22,23). The van der Waals surface area contributed by atoms with Crippen molar-refractivity contribution in [3.05, 3.63) is 34.9 Å². The maximum atomic E-state index is 12.1. The van der Waals surface area contributed by atoms with E-state index in [1.165, 1.54) is 5.56 Å². The van der Waals surface area contributed by atoms with Crippen molar-refractivity contribution in [2.24, 2.45) is 10.4 Å². The lowest BCUT2D eigenvalue weighted by Gasteiger charge is -2.26. The number of aliphatic imine (C=N–C) groups is 1. The van der Waals surface area contributed by atoms with Gasteiger partial charge in [0.2, 0.25) is 0 Å². The predicted octanol–water partition coefficient (Wildman–Crippen LogP) is 3.62. The summed E-state index contributed by atoms with van der Waals surface area (Å²) in [5.41, 5.74) is 1.28. The normalized spacial score (nSPS) is 14.3. The van der Waals surface area contributed by atoms with Gasteiger partial charge >= 0.3 is 0 Å². The summed E-state index contributed by atoms with van der Waals surface area (Å²) in [7, 11) is 0.887. The first-order chi connectivity index (χ1) is 11.5. The van der Waals surface area contributed by atoms with Crippen molar-refractivity contribution in [3.8, 4) is 0 Å². The molecule has 1 aromatic rings. The summed E-state index contributed by atoms with van der Waals surface area (Å²) in [6.45, 7) is 11.8. The number of hydrogen-bond acceptors (Lipinski definition) is 2. The van der Waals surface area contributed by atoms with Crippen LogP contribution in [0, 0.1) is 5.41 Å². The Bertz CT molecular complexity index is 609. The molecule has 0 amide bonds. The van der Waals surface area contributed by atoms with Gasteiger partial charge in [0.05, 0.1) is 0 Å². The summed E-state index contributed by atoms with van der Waals surface area (Å²) < 4.78 is 11.9.